The molecule has 11 nitrogen and oxygen atoms in total. The highest BCUT2D eigenvalue weighted by Crippen LogP contribution is 2.47. The van der Waals surface area contributed by atoms with E-state index in [2.05, 4.69) is 21.6 Å². The van der Waals surface area contributed by atoms with Gasteiger partial charge in [-0.25, -0.2) is 4.79 Å². The van der Waals surface area contributed by atoms with E-state index in [9.17, 15) is 24.8 Å². The summed E-state index contributed by atoms with van der Waals surface area (Å²) in [6, 6.07) is 11.7. The first-order valence-electron chi connectivity index (χ1n) is 11.5. The molecule has 1 atom stereocenters. The number of aromatic nitrogens is 2. The van der Waals surface area contributed by atoms with Crippen LogP contribution in [0.4, 0.5) is 10.8 Å². The normalized spacial score (nSPS) is 17.3. The van der Waals surface area contributed by atoms with Crippen molar-refractivity contribution in [2.24, 2.45) is 5.73 Å². The third-order valence-electron chi connectivity index (χ3n) is 6.09. The van der Waals surface area contributed by atoms with E-state index < -0.39 is 17.8 Å². The minimum Gasteiger partial charge on any atom is -0.478 e. The lowest BCUT2D eigenvalue weighted by Crippen LogP contribution is -2.38. The fraction of sp³-hybridized carbons (Fsp3) is 0.200. The molecule has 2 aromatic heterocycles. The van der Waals surface area contributed by atoms with Gasteiger partial charge >= 0.3 is 5.97 Å². The Morgan fingerprint density at radius 2 is 2.08 bits per heavy atom. The molecule has 1 unspecified atom stereocenters. The number of carboxylic acid groups (broad SMARTS) is 1. The minimum atomic E-state index is -1.14. The van der Waals surface area contributed by atoms with Crippen molar-refractivity contribution < 1.29 is 23.9 Å². The molecule has 3 aromatic rings. The summed E-state index contributed by atoms with van der Waals surface area (Å²) in [6.07, 6.45) is 3.04. The van der Waals surface area contributed by atoms with Gasteiger partial charge in [-0.15, -0.1) is 10.2 Å². The Morgan fingerprint density at radius 3 is 2.82 bits per heavy atom. The summed E-state index contributed by atoms with van der Waals surface area (Å²) < 4.78 is 6.03. The maximum Gasteiger partial charge on any atom is 0.337 e. The lowest BCUT2D eigenvalue weighted by molar-refractivity contribution is -0.116. The average Bonchev–Trinajstić information content (AvgIpc) is 3.60. The first-order valence-corrected chi connectivity index (χ1v) is 13.3. The van der Waals surface area contributed by atoms with Gasteiger partial charge in [0.2, 0.25) is 11.0 Å². The molecule has 0 radical (unpaired) electrons. The van der Waals surface area contributed by atoms with Crippen LogP contribution in [0, 0.1) is 11.3 Å². The second-order valence-electron chi connectivity index (χ2n) is 8.37. The second kappa shape index (κ2) is 10.5. The number of thioether (sulfide) groups is 1. The number of aromatic carboxylic acids is 1. The number of furan rings is 1. The first-order chi connectivity index (χ1) is 18.4. The number of nitrogens with one attached hydrogen (secondary N) is 1. The quantitative estimate of drug-likeness (QED) is 0.365. The molecule has 2 aliphatic rings. The van der Waals surface area contributed by atoms with Crippen molar-refractivity contribution in [3.63, 3.8) is 0 Å². The van der Waals surface area contributed by atoms with Gasteiger partial charge < -0.3 is 20.6 Å². The lowest BCUT2D eigenvalue weighted by Gasteiger charge is -2.37. The number of amides is 1. The fourth-order valence-electron chi connectivity index (χ4n) is 4.49. The smallest absolute Gasteiger partial charge is 0.337 e. The highest BCUT2D eigenvalue weighted by molar-refractivity contribution is 8.01. The molecule has 0 saturated heterocycles. The fourth-order valence-corrected chi connectivity index (χ4v) is 6.17. The zero-order chi connectivity index (χ0) is 26.8. The molecular weight excluding hydrogens is 528 g/mol. The number of nitriles is 1. The van der Waals surface area contributed by atoms with E-state index in [1.807, 2.05) is 0 Å². The topological polar surface area (TPSA) is 175 Å². The van der Waals surface area contributed by atoms with Gasteiger partial charge in [-0.05, 0) is 37.1 Å². The van der Waals surface area contributed by atoms with E-state index >= 15 is 0 Å². The molecule has 0 bridgehead atoms. The van der Waals surface area contributed by atoms with Crippen molar-refractivity contribution in [3.8, 4) is 6.07 Å². The van der Waals surface area contributed by atoms with E-state index in [0.717, 1.165) is 11.8 Å². The van der Waals surface area contributed by atoms with Crippen LogP contribution in [0.1, 0.15) is 41.3 Å². The number of Topliss-reactive ketones (excluding diaryl/α,β-unsaturated/α-hetero) is 1. The molecule has 5 rings (SSSR count). The van der Waals surface area contributed by atoms with E-state index in [1.54, 1.807) is 29.2 Å². The molecule has 38 heavy (non-hydrogen) atoms. The molecule has 13 heteroatoms. The minimum absolute atomic E-state index is 0.0105. The molecule has 1 amide bonds. The summed E-state index contributed by atoms with van der Waals surface area (Å²) in [5, 5.41) is 30.6. The van der Waals surface area contributed by atoms with E-state index in [-0.39, 0.29) is 34.2 Å². The third-order valence-corrected chi connectivity index (χ3v) is 8.13. The standard InChI is InChI=1S/C25H20N6O5S2/c26-11-14-20(18-9-4-10-36-18)21-16(7-3-8-17(21)32)31(22(14)27)24-29-30-25(38-24)37-12-19(33)28-15-6-2-1-5-13(15)23(34)35/h1-2,4-6,9-10,20H,3,7-8,12,27H2,(H,28,33)(H,34,35). The number of carboxylic acids is 1. The van der Waals surface area contributed by atoms with Crippen LogP contribution in [0.3, 0.4) is 0 Å². The predicted octanol–water partition coefficient (Wildman–Crippen LogP) is 3.86. The van der Waals surface area contributed by atoms with Gasteiger partial charge in [0.15, 0.2) is 10.1 Å². The van der Waals surface area contributed by atoms with Gasteiger partial charge in [-0.1, -0.05) is 35.2 Å². The van der Waals surface area contributed by atoms with Gasteiger partial charge in [0.25, 0.3) is 0 Å². The monoisotopic (exact) mass is 548 g/mol. The maximum atomic E-state index is 13.1. The molecule has 1 aliphatic heterocycles. The molecule has 4 N–H and O–H groups in total. The number of carbonyl (C=O) groups excluding carboxylic acids is 2. The number of allylic oxidation sites excluding steroid dienone is 3. The van der Waals surface area contributed by atoms with Crippen molar-refractivity contribution in [1.29, 1.82) is 5.26 Å². The van der Waals surface area contributed by atoms with Crippen molar-refractivity contribution in [2.75, 3.05) is 16.0 Å². The summed E-state index contributed by atoms with van der Waals surface area (Å²) in [6.45, 7) is 0. The summed E-state index contributed by atoms with van der Waals surface area (Å²) in [4.78, 5) is 38.5. The molecule has 3 heterocycles. The second-order valence-corrected chi connectivity index (χ2v) is 10.5. The maximum absolute atomic E-state index is 13.1. The van der Waals surface area contributed by atoms with Gasteiger partial charge in [0.1, 0.15) is 11.6 Å². The SMILES string of the molecule is N#CC1=C(N)N(c2nnc(SCC(=O)Nc3ccccc3C(=O)O)s2)C2=C(C(=O)CCC2)C1c1ccco1. The zero-order valence-electron chi connectivity index (χ0n) is 19.7. The Labute approximate surface area is 224 Å². The van der Waals surface area contributed by atoms with Crippen LogP contribution in [0.2, 0.25) is 0 Å². The van der Waals surface area contributed by atoms with Crippen molar-refractivity contribution in [1.82, 2.24) is 10.2 Å². The molecule has 0 fully saturated rings. The van der Waals surface area contributed by atoms with Crippen LogP contribution in [0.15, 0.2) is 74.1 Å². The van der Waals surface area contributed by atoms with Gasteiger partial charge in [-0.2, -0.15) is 5.26 Å². The van der Waals surface area contributed by atoms with Crippen LogP contribution in [0.5, 0.6) is 0 Å². The highest BCUT2D eigenvalue weighted by atomic mass is 32.2. The Morgan fingerprint density at radius 1 is 1.26 bits per heavy atom. The zero-order valence-corrected chi connectivity index (χ0v) is 21.3. The van der Waals surface area contributed by atoms with Crippen LogP contribution in [-0.2, 0) is 9.59 Å². The van der Waals surface area contributed by atoms with Crippen molar-refractivity contribution >= 4 is 51.6 Å². The summed E-state index contributed by atoms with van der Waals surface area (Å²) in [7, 11) is 0. The molecule has 0 saturated carbocycles. The molecule has 192 valence electrons. The number of nitrogens with two attached hydrogens (primary N) is 1. The van der Waals surface area contributed by atoms with E-state index in [0.29, 0.717) is 45.8 Å². The largest absolute Gasteiger partial charge is 0.478 e. The van der Waals surface area contributed by atoms with Crippen molar-refractivity contribution in [3.05, 3.63) is 76.6 Å². The number of para-hydroxylation sites is 1. The molecule has 0 spiro atoms. The predicted molar refractivity (Wildman–Crippen MR) is 139 cm³/mol. The number of nitrogens with zero attached hydrogens (tertiary/aromatic N) is 4. The molecular formula is C25H20N6O5S2. The number of benzene rings is 1. The lowest BCUT2D eigenvalue weighted by atomic mass is 9.78. The van der Waals surface area contributed by atoms with E-state index in [4.69, 9.17) is 10.2 Å². The Balaban J connectivity index is 1.39. The Kier molecular flexibility index (Phi) is 6.99. The summed E-state index contributed by atoms with van der Waals surface area (Å²) in [5.74, 6) is -1.73. The van der Waals surface area contributed by atoms with E-state index in [1.165, 1.54) is 29.7 Å². The number of anilines is 2. The first kappa shape index (κ1) is 25.2. The molecule has 1 aliphatic carbocycles. The van der Waals surface area contributed by atoms with Gasteiger partial charge in [0.05, 0.1) is 40.8 Å². The van der Waals surface area contributed by atoms with Crippen LogP contribution in [0.25, 0.3) is 0 Å². The third kappa shape index (κ3) is 4.67. The highest BCUT2D eigenvalue weighted by Gasteiger charge is 2.42. The van der Waals surface area contributed by atoms with Crippen molar-refractivity contribution in [2.45, 2.75) is 29.5 Å². The number of carbonyl (C=O) groups is 3. The Hall–Kier alpha value is -4.41. The molecule has 1 aromatic carbocycles. The van der Waals surface area contributed by atoms with Crippen LogP contribution in [-0.4, -0.2) is 38.7 Å². The van der Waals surface area contributed by atoms with Crippen LogP contribution >= 0.6 is 23.1 Å². The number of ketones is 1. The summed E-state index contributed by atoms with van der Waals surface area (Å²) in [5.41, 5.74) is 8.00. The number of hydrogen-bond donors (Lipinski definition) is 3. The summed E-state index contributed by atoms with van der Waals surface area (Å²) >= 11 is 2.29. The number of rotatable bonds is 7. The van der Waals surface area contributed by atoms with Gasteiger partial charge in [0, 0.05) is 17.7 Å². The number of hydrogen-bond acceptors (Lipinski definition) is 11. The average molecular weight is 549 g/mol. The Bertz CT molecular complexity index is 1540. The van der Waals surface area contributed by atoms with Gasteiger partial charge in [-0.3, -0.25) is 14.5 Å². The van der Waals surface area contributed by atoms with Crippen LogP contribution < -0.4 is 16.0 Å².